The quantitative estimate of drug-likeness (QED) is 0.804. The summed E-state index contributed by atoms with van der Waals surface area (Å²) in [5.74, 6) is 0.349. The van der Waals surface area contributed by atoms with E-state index in [2.05, 4.69) is 10.3 Å². The zero-order valence-corrected chi connectivity index (χ0v) is 15.2. The summed E-state index contributed by atoms with van der Waals surface area (Å²) in [5, 5.41) is 13.6. The lowest BCUT2D eigenvalue weighted by Crippen LogP contribution is -2.36. The van der Waals surface area contributed by atoms with Crippen LogP contribution in [0.1, 0.15) is 30.9 Å². The average molecular weight is 379 g/mol. The third-order valence-corrected chi connectivity index (χ3v) is 4.97. The molecule has 146 valence electrons. The van der Waals surface area contributed by atoms with Crippen LogP contribution < -0.4 is 5.32 Å². The van der Waals surface area contributed by atoms with Gasteiger partial charge in [-0.05, 0) is 37.3 Å². The van der Waals surface area contributed by atoms with E-state index in [1.165, 1.54) is 12.1 Å². The Morgan fingerprint density at radius 2 is 2.11 bits per heavy atom. The van der Waals surface area contributed by atoms with E-state index >= 15 is 0 Å². The molecule has 0 radical (unpaired) electrons. The van der Waals surface area contributed by atoms with Crippen molar-refractivity contribution in [2.75, 3.05) is 6.54 Å². The molecule has 2 N–H and O–H groups in total. The number of aliphatic hydroxyl groups is 1. The minimum Gasteiger partial charge on any atom is -0.391 e. The molecule has 2 aromatic rings. The largest absolute Gasteiger partial charge is 0.416 e. The number of rotatable bonds is 6. The number of aromatic nitrogens is 2. The molecule has 4 nitrogen and oxygen atoms in total. The van der Waals surface area contributed by atoms with E-state index < -0.39 is 17.8 Å². The number of benzene rings is 1. The van der Waals surface area contributed by atoms with Gasteiger partial charge in [0.2, 0.25) is 0 Å². The number of imidazole rings is 1. The van der Waals surface area contributed by atoms with Gasteiger partial charge >= 0.3 is 6.18 Å². The Labute approximate surface area is 156 Å². The lowest BCUT2D eigenvalue weighted by atomic mass is 10.0. The number of hydrogen-bond donors (Lipinski definition) is 2. The van der Waals surface area contributed by atoms with Crippen LogP contribution in [-0.4, -0.2) is 33.3 Å². The van der Waals surface area contributed by atoms with E-state index in [9.17, 15) is 18.3 Å². The molecule has 1 fully saturated rings. The van der Waals surface area contributed by atoms with Gasteiger partial charge in [0.1, 0.15) is 0 Å². The van der Waals surface area contributed by atoms with Crippen LogP contribution in [0.4, 0.5) is 13.2 Å². The number of nitrogens with one attached hydrogen (secondary N) is 1. The molecule has 0 saturated heterocycles. The molecule has 1 aliphatic carbocycles. The van der Waals surface area contributed by atoms with Crippen molar-refractivity contribution in [1.29, 1.82) is 0 Å². The van der Waals surface area contributed by atoms with E-state index in [-0.39, 0.29) is 11.6 Å². The second-order valence-corrected chi connectivity index (χ2v) is 7.23. The van der Waals surface area contributed by atoms with Gasteiger partial charge in [-0.3, -0.25) is 0 Å². The molecule has 1 aromatic carbocycles. The maximum Gasteiger partial charge on any atom is 0.416 e. The molecule has 3 rings (SSSR count). The molecule has 27 heavy (non-hydrogen) atoms. The molecule has 0 amide bonds. The number of aliphatic hydroxyl groups excluding tert-OH is 1. The first-order valence-corrected chi connectivity index (χ1v) is 9.03. The van der Waals surface area contributed by atoms with Crippen LogP contribution in [0, 0.1) is 5.92 Å². The number of alkyl halides is 3. The Morgan fingerprint density at radius 3 is 2.81 bits per heavy atom. The van der Waals surface area contributed by atoms with E-state index in [1.54, 1.807) is 31.6 Å². The Balaban J connectivity index is 1.58. The Hall–Kier alpha value is -2.12. The summed E-state index contributed by atoms with van der Waals surface area (Å²) in [6, 6.07) is 5.50. The van der Waals surface area contributed by atoms with Gasteiger partial charge in [0.25, 0.3) is 0 Å². The monoisotopic (exact) mass is 379 g/mol. The van der Waals surface area contributed by atoms with Crippen molar-refractivity contribution in [2.24, 2.45) is 5.92 Å². The SMILES string of the molecule is C/C(=C\c1ccccc1C(F)(F)F)CN[C@@H]1CC(Cn2ccnc2)C[C@H]1O. The summed E-state index contributed by atoms with van der Waals surface area (Å²) in [5.41, 5.74) is 0.317. The van der Waals surface area contributed by atoms with Crippen molar-refractivity contribution in [2.45, 2.75) is 44.6 Å². The van der Waals surface area contributed by atoms with Gasteiger partial charge in [0.05, 0.1) is 18.0 Å². The Bertz CT molecular complexity index is 771. The van der Waals surface area contributed by atoms with E-state index in [0.29, 0.717) is 18.9 Å². The van der Waals surface area contributed by atoms with Gasteiger partial charge in [-0.15, -0.1) is 0 Å². The Kier molecular flexibility index (Phi) is 6.01. The highest BCUT2D eigenvalue weighted by atomic mass is 19.4. The molecule has 3 atom stereocenters. The summed E-state index contributed by atoms with van der Waals surface area (Å²) in [6.07, 6.45) is 3.66. The minimum atomic E-state index is -4.37. The summed E-state index contributed by atoms with van der Waals surface area (Å²) in [4.78, 5) is 4.02. The van der Waals surface area contributed by atoms with Gasteiger partial charge in [-0.2, -0.15) is 13.2 Å². The molecule has 1 aromatic heterocycles. The highest BCUT2D eigenvalue weighted by Crippen LogP contribution is 2.33. The highest BCUT2D eigenvalue weighted by molar-refractivity contribution is 5.57. The first-order chi connectivity index (χ1) is 12.8. The predicted octanol–water partition coefficient (Wildman–Crippen LogP) is 3.73. The molecule has 1 saturated carbocycles. The average Bonchev–Trinajstić information content (AvgIpc) is 3.22. The number of hydrogen-bond acceptors (Lipinski definition) is 3. The lowest BCUT2D eigenvalue weighted by Gasteiger charge is -2.17. The normalized spacial score (nSPS) is 23.7. The second-order valence-electron chi connectivity index (χ2n) is 7.23. The smallest absolute Gasteiger partial charge is 0.391 e. The zero-order chi connectivity index (χ0) is 19.4. The van der Waals surface area contributed by atoms with Crippen LogP contribution in [0.15, 0.2) is 48.6 Å². The maximum atomic E-state index is 13.1. The van der Waals surface area contributed by atoms with Crippen LogP contribution >= 0.6 is 0 Å². The molecule has 0 spiro atoms. The molecular formula is C20H24F3N3O. The molecule has 1 heterocycles. The lowest BCUT2D eigenvalue weighted by molar-refractivity contribution is -0.137. The van der Waals surface area contributed by atoms with E-state index in [4.69, 9.17) is 0 Å². The maximum absolute atomic E-state index is 13.1. The number of nitrogens with zero attached hydrogens (tertiary/aromatic N) is 2. The molecule has 7 heteroatoms. The second kappa shape index (κ2) is 8.27. The molecule has 0 bridgehead atoms. The van der Waals surface area contributed by atoms with Crippen molar-refractivity contribution in [3.05, 3.63) is 59.7 Å². The summed E-state index contributed by atoms with van der Waals surface area (Å²) >= 11 is 0. The van der Waals surface area contributed by atoms with Gasteiger partial charge in [-0.1, -0.05) is 29.8 Å². The minimum absolute atomic E-state index is 0.0558. The summed E-state index contributed by atoms with van der Waals surface area (Å²) in [6.45, 7) is 3.04. The van der Waals surface area contributed by atoms with E-state index in [1.807, 2.05) is 10.8 Å². The molecular weight excluding hydrogens is 355 g/mol. The van der Waals surface area contributed by atoms with Crippen LogP contribution in [0.25, 0.3) is 6.08 Å². The van der Waals surface area contributed by atoms with Crippen molar-refractivity contribution in [3.63, 3.8) is 0 Å². The van der Waals surface area contributed by atoms with Crippen molar-refractivity contribution < 1.29 is 18.3 Å². The van der Waals surface area contributed by atoms with Gasteiger partial charge in [-0.25, -0.2) is 4.98 Å². The van der Waals surface area contributed by atoms with Gasteiger partial charge in [0, 0.05) is 31.5 Å². The first kappa shape index (κ1) is 19.6. The zero-order valence-electron chi connectivity index (χ0n) is 15.2. The fourth-order valence-corrected chi connectivity index (χ4v) is 3.67. The van der Waals surface area contributed by atoms with Crippen LogP contribution in [0.5, 0.6) is 0 Å². The topological polar surface area (TPSA) is 50.1 Å². The number of halogens is 3. The van der Waals surface area contributed by atoms with Crippen molar-refractivity contribution >= 4 is 6.08 Å². The highest BCUT2D eigenvalue weighted by Gasteiger charge is 2.33. The van der Waals surface area contributed by atoms with Crippen molar-refractivity contribution in [1.82, 2.24) is 14.9 Å². The fourth-order valence-electron chi connectivity index (χ4n) is 3.67. The fraction of sp³-hybridized carbons (Fsp3) is 0.450. The Morgan fingerprint density at radius 1 is 1.33 bits per heavy atom. The van der Waals surface area contributed by atoms with E-state index in [0.717, 1.165) is 24.6 Å². The predicted molar refractivity (Wildman–Crippen MR) is 97.8 cm³/mol. The third kappa shape index (κ3) is 5.20. The van der Waals surface area contributed by atoms with Crippen LogP contribution in [0.3, 0.4) is 0 Å². The third-order valence-electron chi connectivity index (χ3n) is 4.97. The first-order valence-electron chi connectivity index (χ1n) is 9.03. The van der Waals surface area contributed by atoms with Gasteiger partial charge < -0.3 is 15.0 Å². The summed E-state index contributed by atoms with van der Waals surface area (Å²) < 4.78 is 41.3. The molecule has 1 aliphatic rings. The molecule has 0 aliphatic heterocycles. The summed E-state index contributed by atoms with van der Waals surface area (Å²) in [7, 11) is 0. The van der Waals surface area contributed by atoms with Gasteiger partial charge in [0.15, 0.2) is 0 Å². The van der Waals surface area contributed by atoms with Crippen LogP contribution in [-0.2, 0) is 12.7 Å². The van der Waals surface area contributed by atoms with Crippen LogP contribution in [0.2, 0.25) is 0 Å². The van der Waals surface area contributed by atoms with Crippen molar-refractivity contribution in [3.8, 4) is 0 Å². The standard InChI is InChI=1S/C20H24F3N3O/c1-14(8-16-4-2-3-5-17(16)20(21,22)23)11-25-18-9-15(10-19(18)27)12-26-7-6-24-13-26/h2-8,13,15,18-19,25,27H,9-12H2,1H3/b14-8+/t15?,18-,19-/m1/s1. The molecule has 1 unspecified atom stereocenters.